The summed E-state index contributed by atoms with van der Waals surface area (Å²) in [4.78, 5) is 0. The van der Waals surface area contributed by atoms with Crippen molar-refractivity contribution in [3.8, 4) is 0 Å². The van der Waals surface area contributed by atoms with Crippen LogP contribution in [-0.4, -0.2) is 18.6 Å². The van der Waals surface area contributed by atoms with Crippen molar-refractivity contribution in [2.75, 3.05) is 11.9 Å². The first-order valence-electron chi connectivity index (χ1n) is 7.72. The van der Waals surface area contributed by atoms with E-state index in [4.69, 9.17) is 0 Å². The molecule has 1 aliphatic heterocycles. The fraction of sp³-hybridized carbons (Fsp3) is 0.647. The third kappa shape index (κ3) is 4.87. The molecule has 2 nitrogen and oxygen atoms in total. The van der Waals surface area contributed by atoms with Crippen molar-refractivity contribution in [2.24, 2.45) is 0 Å². The summed E-state index contributed by atoms with van der Waals surface area (Å²) in [6.45, 7) is 7.82. The van der Waals surface area contributed by atoms with E-state index in [-0.39, 0.29) is 0 Å². The topological polar surface area (TPSA) is 24.1 Å². The summed E-state index contributed by atoms with van der Waals surface area (Å²) < 4.78 is 0. The molecule has 0 aliphatic carbocycles. The first-order valence-corrected chi connectivity index (χ1v) is 7.72. The SMILES string of the molecule is Cc1cc(C)cc(NC(C)CC2CCCCCN2)c1. The second kappa shape index (κ2) is 6.95. The van der Waals surface area contributed by atoms with Crippen molar-refractivity contribution in [1.29, 1.82) is 0 Å². The van der Waals surface area contributed by atoms with Crippen LogP contribution in [-0.2, 0) is 0 Å². The molecule has 0 amide bonds. The van der Waals surface area contributed by atoms with Crippen molar-refractivity contribution in [2.45, 2.75) is 65.0 Å². The Labute approximate surface area is 118 Å². The molecule has 1 aromatic rings. The van der Waals surface area contributed by atoms with Gasteiger partial charge in [0.2, 0.25) is 0 Å². The van der Waals surface area contributed by atoms with Gasteiger partial charge in [-0.25, -0.2) is 0 Å². The van der Waals surface area contributed by atoms with E-state index in [2.05, 4.69) is 49.6 Å². The summed E-state index contributed by atoms with van der Waals surface area (Å²) in [5.74, 6) is 0. The lowest BCUT2D eigenvalue weighted by Crippen LogP contribution is -2.33. The zero-order chi connectivity index (χ0) is 13.7. The number of benzene rings is 1. The summed E-state index contributed by atoms with van der Waals surface area (Å²) in [7, 11) is 0. The molecule has 1 heterocycles. The van der Waals surface area contributed by atoms with Crippen molar-refractivity contribution in [1.82, 2.24) is 5.32 Å². The molecule has 1 saturated heterocycles. The molecular formula is C17H28N2. The number of rotatable bonds is 4. The quantitative estimate of drug-likeness (QED) is 0.854. The number of aryl methyl sites for hydroxylation is 2. The maximum atomic E-state index is 3.68. The maximum absolute atomic E-state index is 3.68. The smallest absolute Gasteiger partial charge is 0.0347 e. The van der Waals surface area contributed by atoms with E-state index in [0.717, 1.165) is 0 Å². The molecule has 106 valence electrons. The van der Waals surface area contributed by atoms with Crippen LogP contribution in [0.2, 0.25) is 0 Å². The van der Waals surface area contributed by atoms with Crippen molar-refractivity contribution >= 4 is 5.69 Å². The summed E-state index contributed by atoms with van der Waals surface area (Å²) in [5.41, 5.74) is 3.93. The molecule has 0 spiro atoms. The van der Waals surface area contributed by atoms with Crippen LogP contribution in [0.4, 0.5) is 5.69 Å². The molecular weight excluding hydrogens is 232 g/mol. The number of anilines is 1. The molecule has 0 bridgehead atoms. The Balaban J connectivity index is 1.87. The van der Waals surface area contributed by atoms with Gasteiger partial charge in [0.15, 0.2) is 0 Å². The minimum atomic E-state index is 0.525. The fourth-order valence-corrected chi connectivity index (χ4v) is 3.13. The molecule has 0 radical (unpaired) electrons. The third-order valence-electron chi connectivity index (χ3n) is 3.94. The Morgan fingerprint density at radius 2 is 1.89 bits per heavy atom. The molecule has 2 heteroatoms. The number of hydrogen-bond donors (Lipinski definition) is 2. The Morgan fingerprint density at radius 1 is 1.16 bits per heavy atom. The zero-order valence-electron chi connectivity index (χ0n) is 12.6. The predicted molar refractivity (Wildman–Crippen MR) is 83.9 cm³/mol. The summed E-state index contributed by atoms with van der Waals surface area (Å²) >= 11 is 0. The minimum absolute atomic E-state index is 0.525. The average Bonchev–Trinajstić information content (AvgIpc) is 2.55. The predicted octanol–water partition coefficient (Wildman–Crippen LogP) is 4.03. The fourth-order valence-electron chi connectivity index (χ4n) is 3.13. The molecule has 2 atom stereocenters. The van der Waals surface area contributed by atoms with Crippen LogP contribution in [0.3, 0.4) is 0 Å². The van der Waals surface area contributed by atoms with Gasteiger partial charge in [-0.3, -0.25) is 0 Å². The highest BCUT2D eigenvalue weighted by molar-refractivity contribution is 5.48. The van der Waals surface area contributed by atoms with Gasteiger partial charge in [-0.1, -0.05) is 18.9 Å². The molecule has 2 N–H and O–H groups in total. The van der Waals surface area contributed by atoms with Gasteiger partial charge in [-0.15, -0.1) is 0 Å². The summed E-state index contributed by atoms with van der Waals surface area (Å²) in [6, 6.07) is 7.92. The van der Waals surface area contributed by atoms with Crippen LogP contribution < -0.4 is 10.6 Å². The molecule has 1 fully saturated rings. The molecule has 1 aliphatic rings. The molecule has 2 rings (SSSR count). The highest BCUT2D eigenvalue weighted by atomic mass is 15.0. The summed E-state index contributed by atoms with van der Waals surface area (Å²) in [5, 5.41) is 7.33. The molecule has 19 heavy (non-hydrogen) atoms. The lowest BCUT2D eigenvalue weighted by molar-refractivity contribution is 0.456. The normalized spacial score (nSPS) is 21.7. The van der Waals surface area contributed by atoms with Crippen LogP contribution in [0.15, 0.2) is 18.2 Å². The van der Waals surface area contributed by atoms with Gasteiger partial charge < -0.3 is 10.6 Å². The van der Waals surface area contributed by atoms with E-state index in [1.54, 1.807) is 0 Å². The van der Waals surface area contributed by atoms with Gasteiger partial charge in [0.25, 0.3) is 0 Å². The van der Waals surface area contributed by atoms with Crippen LogP contribution in [0.25, 0.3) is 0 Å². The van der Waals surface area contributed by atoms with Gasteiger partial charge in [-0.2, -0.15) is 0 Å². The van der Waals surface area contributed by atoms with Crippen molar-refractivity contribution in [3.05, 3.63) is 29.3 Å². The van der Waals surface area contributed by atoms with E-state index in [9.17, 15) is 0 Å². The molecule has 2 unspecified atom stereocenters. The largest absolute Gasteiger partial charge is 0.383 e. The zero-order valence-corrected chi connectivity index (χ0v) is 12.6. The van der Waals surface area contributed by atoms with E-state index < -0.39 is 0 Å². The highest BCUT2D eigenvalue weighted by Gasteiger charge is 2.14. The highest BCUT2D eigenvalue weighted by Crippen LogP contribution is 2.18. The van der Waals surface area contributed by atoms with Crippen molar-refractivity contribution in [3.63, 3.8) is 0 Å². The Kier molecular flexibility index (Phi) is 5.26. The number of hydrogen-bond acceptors (Lipinski definition) is 2. The van der Waals surface area contributed by atoms with Crippen molar-refractivity contribution < 1.29 is 0 Å². The van der Waals surface area contributed by atoms with E-state index in [1.807, 2.05) is 0 Å². The molecule has 0 saturated carbocycles. The Morgan fingerprint density at radius 3 is 2.63 bits per heavy atom. The maximum Gasteiger partial charge on any atom is 0.0347 e. The van der Waals surface area contributed by atoms with Gasteiger partial charge in [0, 0.05) is 17.8 Å². The first kappa shape index (κ1) is 14.4. The first-order chi connectivity index (χ1) is 9.13. The second-order valence-electron chi connectivity index (χ2n) is 6.16. The lowest BCUT2D eigenvalue weighted by Gasteiger charge is -2.22. The van der Waals surface area contributed by atoms with Crippen LogP contribution >= 0.6 is 0 Å². The van der Waals surface area contributed by atoms with Gasteiger partial charge in [0.1, 0.15) is 0 Å². The van der Waals surface area contributed by atoms with Gasteiger partial charge in [0.05, 0.1) is 0 Å². The monoisotopic (exact) mass is 260 g/mol. The van der Waals surface area contributed by atoms with Gasteiger partial charge >= 0.3 is 0 Å². The van der Waals surface area contributed by atoms with Crippen LogP contribution in [0, 0.1) is 13.8 Å². The van der Waals surface area contributed by atoms with Crippen LogP contribution in [0.5, 0.6) is 0 Å². The average molecular weight is 260 g/mol. The lowest BCUT2D eigenvalue weighted by atomic mass is 10.0. The molecule has 1 aromatic carbocycles. The standard InChI is InChI=1S/C17H28N2/c1-13-9-14(2)11-17(10-13)19-15(3)12-16-7-5-4-6-8-18-16/h9-11,15-16,18-19H,4-8,12H2,1-3H3. The Bertz CT molecular complexity index is 372. The van der Waals surface area contributed by atoms with E-state index in [1.165, 1.54) is 55.5 Å². The van der Waals surface area contributed by atoms with Gasteiger partial charge in [-0.05, 0) is 69.8 Å². The molecule has 0 aromatic heterocycles. The van der Waals surface area contributed by atoms with E-state index >= 15 is 0 Å². The van der Waals surface area contributed by atoms with Crippen LogP contribution in [0.1, 0.15) is 50.2 Å². The van der Waals surface area contributed by atoms with E-state index in [0.29, 0.717) is 12.1 Å². The second-order valence-corrected chi connectivity index (χ2v) is 6.16. The number of nitrogens with one attached hydrogen (secondary N) is 2. The minimum Gasteiger partial charge on any atom is -0.383 e. The summed E-state index contributed by atoms with van der Waals surface area (Å²) in [6.07, 6.45) is 6.66. The Hall–Kier alpha value is -1.02. The third-order valence-corrected chi connectivity index (χ3v) is 3.94.